The maximum absolute atomic E-state index is 11.9. The number of amides is 1. The number of carbonyl (C=O) groups is 1. The number of piperidine rings is 2. The molecule has 2 unspecified atom stereocenters. The van der Waals surface area contributed by atoms with E-state index in [-0.39, 0.29) is 0 Å². The number of para-hydroxylation sites is 1. The molecule has 3 aliphatic rings. The molecule has 156 valence electrons. The van der Waals surface area contributed by atoms with Crippen molar-refractivity contribution in [1.82, 2.24) is 20.2 Å². The fourth-order valence-electron chi connectivity index (χ4n) is 5.40. The number of rotatable bonds is 4. The van der Waals surface area contributed by atoms with Gasteiger partial charge in [0.05, 0.1) is 11.6 Å². The number of benzene rings is 1. The second-order valence-corrected chi connectivity index (χ2v) is 8.59. The monoisotopic (exact) mass is 398 g/mol. The lowest BCUT2D eigenvalue weighted by Gasteiger charge is -2.51. The van der Waals surface area contributed by atoms with Gasteiger partial charge in [-0.1, -0.05) is 12.5 Å². The molecule has 29 heavy (non-hydrogen) atoms. The molecule has 2 atom stereocenters. The van der Waals surface area contributed by atoms with E-state index in [0.717, 1.165) is 39.0 Å². The predicted octanol–water partition coefficient (Wildman–Crippen LogP) is 1.57. The summed E-state index contributed by atoms with van der Waals surface area (Å²) in [5.74, 6) is -0.474. The van der Waals surface area contributed by atoms with Gasteiger partial charge in [-0.25, -0.2) is 5.01 Å². The molecule has 3 N–H and O–H groups in total. The highest BCUT2D eigenvalue weighted by Gasteiger charge is 2.41. The molecule has 2 aromatic rings. The minimum absolute atomic E-state index is 0.352. The summed E-state index contributed by atoms with van der Waals surface area (Å²) in [5, 5.41) is 8.10. The number of primary amides is 1. The zero-order chi connectivity index (χ0) is 20.0. The van der Waals surface area contributed by atoms with Crippen LogP contribution in [0.2, 0.25) is 0 Å². The molecule has 4 heterocycles. The van der Waals surface area contributed by atoms with Crippen molar-refractivity contribution in [2.45, 2.75) is 50.2 Å². The van der Waals surface area contributed by atoms with E-state index < -0.39 is 5.91 Å². The smallest absolute Gasteiger partial charge is 0.313 e. The Morgan fingerprint density at radius 2 is 1.97 bits per heavy atom. The molecule has 8 nitrogen and oxygen atoms in total. The van der Waals surface area contributed by atoms with Crippen molar-refractivity contribution in [2.24, 2.45) is 5.73 Å². The van der Waals surface area contributed by atoms with Crippen LogP contribution in [0.15, 0.2) is 22.6 Å². The first-order chi connectivity index (χ1) is 14.1. The first-order valence-electron chi connectivity index (χ1n) is 10.8. The van der Waals surface area contributed by atoms with Crippen LogP contribution in [-0.4, -0.2) is 72.2 Å². The second-order valence-electron chi connectivity index (χ2n) is 8.59. The van der Waals surface area contributed by atoms with Gasteiger partial charge in [-0.2, -0.15) is 4.98 Å². The molecule has 3 fully saturated rings. The van der Waals surface area contributed by atoms with Gasteiger partial charge in [0.1, 0.15) is 5.52 Å². The van der Waals surface area contributed by atoms with Crippen molar-refractivity contribution < 1.29 is 9.21 Å². The van der Waals surface area contributed by atoms with E-state index in [1.165, 1.54) is 19.3 Å². The third kappa shape index (κ3) is 3.39. The summed E-state index contributed by atoms with van der Waals surface area (Å²) < 4.78 is 6.21. The lowest BCUT2D eigenvalue weighted by atomic mass is 9.82. The van der Waals surface area contributed by atoms with Crippen molar-refractivity contribution in [2.75, 3.05) is 38.2 Å². The van der Waals surface area contributed by atoms with Crippen LogP contribution in [0.25, 0.3) is 11.1 Å². The number of hydrazine groups is 1. The van der Waals surface area contributed by atoms with Gasteiger partial charge < -0.3 is 20.4 Å². The van der Waals surface area contributed by atoms with Crippen molar-refractivity contribution in [3.63, 3.8) is 0 Å². The molecule has 2 bridgehead atoms. The molecule has 8 heteroatoms. The van der Waals surface area contributed by atoms with Crippen LogP contribution in [-0.2, 0) is 0 Å². The number of nitrogens with two attached hydrogens (primary N) is 1. The molecule has 3 aliphatic heterocycles. The minimum Gasteiger partial charge on any atom is -0.422 e. The molecule has 0 spiro atoms. The van der Waals surface area contributed by atoms with Crippen molar-refractivity contribution in [3.05, 3.63) is 23.8 Å². The number of hydrogen-bond donors (Lipinski definition) is 2. The number of fused-ring (bicyclic) bond motifs is 3. The third-order valence-electron chi connectivity index (χ3n) is 6.93. The van der Waals surface area contributed by atoms with Crippen molar-refractivity contribution in [3.8, 4) is 0 Å². The summed E-state index contributed by atoms with van der Waals surface area (Å²) in [5.41, 5.74) is 7.16. The predicted molar refractivity (Wildman–Crippen MR) is 112 cm³/mol. The molecular weight excluding hydrogens is 368 g/mol. The normalized spacial score (nSPS) is 28.5. The lowest BCUT2D eigenvalue weighted by Crippen LogP contribution is -2.61. The van der Waals surface area contributed by atoms with E-state index in [4.69, 9.17) is 15.1 Å². The minimum atomic E-state index is -0.474. The SMILES string of the molecule is CN1C2CCCC1CC(N(c1nc3c(C(N)=O)cccc3o1)N1CCNCC1)C2. The highest BCUT2D eigenvalue weighted by molar-refractivity contribution is 6.03. The number of hydrogen-bond acceptors (Lipinski definition) is 7. The molecule has 0 saturated carbocycles. The molecule has 1 aromatic carbocycles. The fraction of sp³-hybridized carbons (Fsp3) is 0.619. The van der Waals surface area contributed by atoms with Crippen molar-refractivity contribution >= 4 is 23.0 Å². The fourth-order valence-corrected chi connectivity index (χ4v) is 5.40. The number of anilines is 1. The average Bonchev–Trinajstić information content (AvgIpc) is 3.13. The van der Waals surface area contributed by atoms with E-state index in [2.05, 4.69) is 27.3 Å². The van der Waals surface area contributed by atoms with Crippen LogP contribution in [0.3, 0.4) is 0 Å². The Balaban J connectivity index is 1.53. The summed E-state index contributed by atoms with van der Waals surface area (Å²) in [7, 11) is 2.28. The summed E-state index contributed by atoms with van der Waals surface area (Å²) in [6.45, 7) is 3.73. The van der Waals surface area contributed by atoms with E-state index in [1.54, 1.807) is 12.1 Å². The maximum Gasteiger partial charge on any atom is 0.313 e. The quantitative estimate of drug-likeness (QED) is 0.808. The molecule has 3 saturated heterocycles. The lowest BCUT2D eigenvalue weighted by molar-refractivity contribution is 0.0369. The highest BCUT2D eigenvalue weighted by Crippen LogP contribution is 2.37. The Hall–Kier alpha value is -2.16. The highest BCUT2D eigenvalue weighted by atomic mass is 16.4. The Kier molecular flexibility index (Phi) is 4.93. The van der Waals surface area contributed by atoms with E-state index >= 15 is 0 Å². The van der Waals surface area contributed by atoms with Gasteiger partial charge in [-0.15, -0.1) is 0 Å². The molecule has 1 aromatic heterocycles. The summed E-state index contributed by atoms with van der Waals surface area (Å²) in [6.07, 6.45) is 6.07. The molecule has 0 aliphatic carbocycles. The number of piperazine rings is 1. The molecule has 0 radical (unpaired) electrons. The van der Waals surface area contributed by atoms with Crippen LogP contribution in [0.1, 0.15) is 42.5 Å². The second kappa shape index (κ2) is 7.59. The van der Waals surface area contributed by atoms with Gasteiger partial charge in [0.2, 0.25) is 0 Å². The molecule has 5 rings (SSSR count). The molecule has 1 amide bonds. The van der Waals surface area contributed by atoms with Gasteiger partial charge >= 0.3 is 6.01 Å². The van der Waals surface area contributed by atoms with E-state index in [0.29, 0.717) is 40.8 Å². The summed E-state index contributed by atoms with van der Waals surface area (Å²) in [6, 6.07) is 7.54. The number of carbonyl (C=O) groups excluding carboxylic acids is 1. The Morgan fingerprint density at radius 1 is 1.24 bits per heavy atom. The number of nitrogens with zero attached hydrogens (tertiary/aromatic N) is 4. The van der Waals surface area contributed by atoms with E-state index in [9.17, 15) is 4.79 Å². The topological polar surface area (TPSA) is 90.9 Å². The van der Waals surface area contributed by atoms with Gasteiger partial charge in [0.15, 0.2) is 5.58 Å². The first-order valence-corrected chi connectivity index (χ1v) is 10.8. The number of oxazole rings is 1. The van der Waals surface area contributed by atoms with Crippen molar-refractivity contribution in [1.29, 1.82) is 0 Å². The summed E-state index contributed by atoms with van der Waals surface area (Å²) in [4.78, 5) is 19.2. The van der Waals surface area contributed by atoms with Crippen LogP contribution >= 0.6 is 0 Å². The zero-order valence-corrected chi connectivity index (χ0v) is 17.0. The zero-order valence-electron chi connectivity index (χ0n) is 17.0. The van der Waals surface area contributed by atoms with Gasteiger partial charge in [-0.05, 0) is 44.9 Å². The number of aromatic nitrogens is 1. The molecular formula is C21H30N6O2. The Bertz CT molecular complexity index is 878. The number of nitrogens with one attached hydrogen (secondary N) is 1. The van der Waals surface area contributed by atoms with E-state index in [1.807, 2.05) is 6.07 Å². The summed E-state index contributed by atoms with van der Waals surface area (Å²) >= 11 is 0. The standard InChI is InChI=1S/C21H30N6O2/c1-25-14-4-2-5-15(25)13-16(12-14)27(26-10-8-23-9-11-26)21-24-19-17(20(22)28)6-3-7-18(19)29-21/h3,6-7,14-16,23H,2,4-5,8-13H2,1H3,(H2,22,28). The largest absolute Gasteiger partial charge is 0.422 e. The van der Waals surface area contributed by atoms with Gasteiger partial charge in [-0.3, -0.25) is 9.80 Å². The van der Waals surface area contributed by atoms with Crippen LogP contribution in [0.4, 0.5) is 6.01 Å². The van der Waals surface area contributed by atoms with Crippen LogP contribution < -0.4 is 16.1 Å². The van der Waals surface area contributed by atoms with Gasteiger partial charge in [0.25, 0.3) is 5.91 Å². The van der Waals surface area contributed by atoms with Gasteiger partial charge in [0, 0.05) is 38.3 Å². The van der Waals surface area contributed by atoms with Crippen LogP contribution in [0, 0.1) is 0 Å². The van der Waals surface area contributed by atoms with Crippen LogP contribution in [0.5, 0.6) is 0 Å². The maximum atomic E-state index is 11.9. The first kappa shape index (κ1) is 18.8. The average molecular weight is 399 g/mol. The Labute approximate surface area is 171 Å². The third-order valence-corrected chi connectivity index (χ3v) is 6.93. The Morgan fingerprint density at radius 3 is 2.66 bits per heavy atom.